The van der Waals surface area contributed by atoms with Gasteiger partial charge in [-0.1, -0.05) is 0 Å². The van der Waals surface area contributed by atoms with Gasteiger partial charge in [-0.3, -0.25) is 10.1 Å². The summed E-state index contributed by atoms with van der Waals surface area (Å²) in [5.41, 5.74) is 0.734. The number of hydrogen-bond acceptors (Lipinski definition) is 7. The van der Waals surface area contributed by atoms with Crippen molar-refractivity contribution in [3.05, 3.63) is 39.9 Å². The van der Waals surface area contributed by atoms with Gasteiger partial charge < -0.3 is 9.64 Å². The van der Waals surface area contributed by atoms with Crippen molar-refractivity contribution >= 4 is 22.4 Å². The number of ether oxygens (including phenoxy) is 1. The number of aromatic nitrogens is 1. The minimum atomic E-state index is -0.538. The minimum Gasteiger partial charge on any atom is -0.360 e. The van der Waals surface area contributed by atoms with Crippen LogP contribution >= 0.6 is 0 Å². The number of nitriles is 2. The Balaban J connectivity index is 2.07. The summed E-state index contributed by atoms with van der Waals surface area (Å²) in [6.07, 6.45) is -0.538. The molecule has 0 N–H and O–H groups in total. The maximum Gasteiger partial charge on any atom is 0.270 e. The van der Waals surface area contributed by atoms with Crippen LogP contribution in [0.5, 0.6) is 0 Å². The summed E-state index contributed by atoms with van der Waals surface area (Å²) in [5.74, 6) is 0.562. The maximum absolute atomic E-state index is 10.9. The first-order chi connectivity index (χ1) is 11.1. The second kappa shape index (κ2) is 5.87. The maximum atomic E-state index is 10.9. The van der Waals surface area contributed by atoms with Crippen molar-refractivity contribution in [2.24, 2.45) is 0 Å². The second-order valence-electron chi connectivity index (χ2n) is 5.03. The monoisotopic (exact) mass is 309 g/mol. The lowest BCUT2D eigenvalue weighted by molar-refractivity contribution is -0.384. The summed E-state index contributed by atoms with van der Waals surface area (Å²) in [5, 5.41) is 29.6. The molecule has 23 heavy (non-hydrogen) atoms. The normalized spacial score (nSPS) is 17.5. The van der Waals surface area contributed by atoms with E-state index in [0.717, 1.165) is 0 Å². The van der Waals surface area contributed by atoms with Gasteiger partial charge in [-0.2, -0.15) is 10.5 Å². The van der Waals surface area contributed by atoms with E-state index in [-0.39, 0.29) is 5.69 Å². The molecular formula is C15H11N5O3. The molecule has 1 aromatic heterocycles. The number of nitrogens with zero attached hydrogens (tertiary/aromatic N) is 5. The van der Waals surface area contributed by atoms with Gasteiger partial charge in [-0.15, -0.1) is 0 Å². The Morgan fingerprint density at radius 2 is 2.22 bits per heavy atom. The van der Waals surface area contributed by atoms with Crippen LogP contribution in [0, 0.1) is 32.8 Å². The number of rotatable bonds is 2. The molecule has 0 aliphatic carbocycles. The van der Waals surface area contributed by atoms with Crippen LogP contribution in [-0.4, -0.2) is 35.7 Å². The zero-order chi connectivity index (χ0) is 16.4. The Morgan fingerprint density at radius 1 is 1.39 bits per heavy atom. The molecule has 1 aliphatic rings. The van der Waals surface area contributed by atoms with Crippen molar-refractivity contribution in [2.75, 3.05) is 24.6 Å². The number of pyridine rings is 1. The highest BCUT2D eigenvalue weighted by Gasteiger charge is 2.22. The molecule has 1 unspecified atom stereocenters. The van der Waals surface area contributed by atoms with Gasteiger partial charge in [0.2, 0.25) is 0 Å². The van der Waals surface area contributed by atoms with E-state index >= 15 is 0 Å². The molecule has 1 aromatic carbocycles. The second-order valence-corrected chi connectivity index (χ2v) is 5.03. The summed E-state index contributed by atoms with van der Waals surface area (Å²) in [7, 11) is 0. The zero-order valence-electron chi connectivity index (χ0n) is 12.0. The van der Waals surface area contributed by atoms with Crippen LogP contribution in [-0.2, 0) is 4.74 Å². The number of nitro groups is 1. The molecule has 8 heteroatoms. The summed E-state index contributed by atoms with van der Waals surface area (Å²) in [4.78, 5) is 16.7. The van der Waals surface area contributed by atoms with Gasteiger partial charge in [0.1, 0.15) is 5.82 Å². The van der Waals surface area contributed by atoms with Gasteiger partial charge in [-0.05, 0) is 12.1 Å². The van der Waals surface area contributed by atoms with Crippen molar-refractivity contribution in [1.82, 2.24) is 4.98 Å². The molecule has 2 heterocycles. The fraction of sp³-hybridized carbons (Fsp3) is 0.267. The van der Waals surface area contributed by atoms with Gasteiger partial charge in [-0.25, -0.2) is 4.98 Å². The molecule has 1 aliphatic heterocycles. The standard InChI is InChI=1S/C15H11N5O3/c16-7-10-5-15(19-3-4-23-12(8-17)9-19)18-14-2-1-11(20(21)22)6-13(10)14/h1-2,5-6,12H,3-4,9H2. The summed E-state index contributed by atoms with van der Waals surface area (Å²) in [6.45, 7) is 1.33. The highest BCUT2D eigenvalue weighted by molar-refractivity contribution is 5.88. The predicted octanol–water partition coefficient (Wildman–Crippen LogP) is 1.74. The summed E-state index contributed by atoms with van der Waals surface area (Å²) >= 11 is 0. The Morgan fingerprint density at radius 3 is 2.91 bits per heavy atom. The van der Waals surface area contributed by atoms with Crippen LogP contribution in [0.3, 0.4) is 0 Å². The van der Waals surface area contributed by atoms with E-state index in [0.29, 0.717) is 42.0 Å². The Kier molecular flexibility index (Phi) is 3.75. The van der Waals surface area contributed by atoms with Crippen molar-refractivity contribution in [2.45, 2.75) is 6.10 Å². The molecule has 1 atom stereocenters. The van der Waals surface area contributed by atoms with Crippen molar-refractivity contribution < 1.29 is 9.66 Å². The Hall–Kier alpha value is -3.23. The van der Waals surface area contributed by atoms with Crippen LogP contribution < -0.4 is 4.90 Å². The van der Waals surface area contributed by atoms with Gasteiger partial charge in [0.05, 0.1) is 41.3 Å². The van der Waals surface area contributed by atoms with Crippen LogP contribution in [0.1, 0.15) is 5.56 Å². The molecule has 8 nitrogen and oxygen atoms in total. The van der Waals surface area contributed by atoms with E-state index in [1.807, 2.05) is 4.90 Å². The number of fused-ring (bicyclic) bond motifs is 1. The molecule has 1 fully saturated rings. The highest BCUT2D eigenvalue weighted by Crippen LogP contribution is 2.27. The van der Waals surface area contributed by atoms with Crippen LogP contribution in [0.4, 0.5) is 11.5 Å². The third kappa shape index (κ3) is 2.76. The van der Waals surface area contributed by atoms with E-state index in [1.54, 1.807) is 6.07 Å². The van der Waals surface area contributed by atoms with E-state index < -0.39 is 11.0 Å². The van der Waals surface area contributed by atoms with E-state index in [4.69, 9.17) is 10.00 Å². The van der Waals surface area contributed by atoms with Crippen molar-refractivity contribution in [1.29, 1.82) is 10.5 Å². The van der Waals surface area contributed by atoms with Crippen LogP contribution in [0.15, 0.2) is 24.3 Å². The van der Waals surface area contributed by atoms with E-state index in [2.05, 4.69) is 17.1 Å². The fourth-order valence-corrected chi connectivity index (χ4v) is 2.50. The lowest BCUT2D eigenvalue weighted by atomic mass is 10.1. The summed E-state index contributed by atoms with van der Waals surface area (Å²) < 4.78 is 5.29. The quantitative estimate of drug-likeness (QED) is 0.612. The lowest BCUT2D eigenvalue weighted by Gasteiger charge is -2.30. The van der Waals surface area contributed by atoms with E-state index in [9.17, 15) is 15.4 Å². The molecular weight excluding hydrogens is 298 g/mol. The molecule has 0 saturated carbocycles. The number of nitro benzene ring substituents is 1. The topological polar surface area (TPSA) is 116 Å². The number of non-ortho nitro benzene ring substituents is 1. The average molecular weight is 309 g/mol. The van der Waals surface area contributed by atoms with Gasteiger partial charge in [0, 0.05) is 24.1 Å². The number of hydrogen-bond donors (Lipinski definition) is 0. The zero-order valence-corrected chi connectivity index (χ0v) is 12.0. The molecule has 114 valence electrons. The minimum absolute atomic E-state index is 0.0838. The van der Waals surface area contributed by atoms with Crippen LogP contribution in [0.25, 0.3) is 10.9 Å². The average Bonchev–Trinajstić information content (AvgIpc) is 2.60. The lowest BCUT2D eigenvalue weighted by Crippen LogP contribution is -2.42. The Bertz CT molecular complexity index is 868. The highest BCUT2D eigenvalue weighted by atomic mass is 16.6. The molecule has 3 rings (SSSR count). The smallest absolute Gasteiger partial charge is 0.270 e. The molecule has 2 aromatic rings. The first-order valence-electron chi connectivity index (χ1n) is 6.88. The predicted molar refractivity (Wildman–Crippen MR) is 80.7 cm³/mol. The van der Waals surface area contributed by atoms with Gasteiger partial charge in [0.15, 0.2) is 6.10 Å². The summed E-state index contributed by atoms with van der Waals surface area (Å²) in [6, 6.07) is 9.94. The van der Waals surface area contributed by atoms with Crippen LogP contribution in [0.2, 0.25) is 0 Å². The van der Waals surface area contributed by atoms with Gasteiger partial charge in [0.25, 0.3) is 5.69 Å². The third-order valence-corrected chi connectivity index (χ3v) is 3.64. The SMILES string of the molecule is N#Cc1cc(N2CCOC(C#N)C2)nc2ccc([N+](=O)[O-])cc12. The largest absolute Gasteiger partial charge is 0.360 e. The first kappa shape index (κ1) is 14.7. The molecule has 0 spiro atoms. The molecule has 0 radical (unpaired) electrons. The first-order valence-corrected chi connectivity index (χ1v) is 6.88. The number of anilines is 1. The number of benzene rings is 1. The van der Waals surface area contributed by atoms with Gasteiger partial charge >= 0.3 is 0 Å². The Labute approximate surface area is 131 Å². The van der Waals surface area contributed by atoms with E-state index in [1.165, 1.54) is 18.2 Å². The van der Waals surface area contributed by atoms with Crippen molar-refractivity contribution in [3.8, 4) is 12.1 Å². The fourth-order valence-electron chi connectivity index (χ4n) is 2.50. The molecule has 1 saturated heterocycles. The number of morpholine rings is 1. The third-order valence-electron chi connectivity index (χ3n) is 3.64. The molecule has 0 amide bonds. The van der Waals surface area contributed by atoms with Crippen molar-refractivity contribution in [3.63, 3.8) is 0 Å². The molecule has 0 bridgehead atoms.